The van der Waals surface area contributed by atoms with Crippen LogP contribution in [0.1, 0.15) is 34.7 Å². The maximum Gasteiger partial charge on any atom is 0.213 e. The van der Waals surface area contributed by atoms with Crippen molar-refractivity contribution in [2.24, 2.45) is 5.10 Å². The van der Waals surface area contributed by atoms with E-state index in [9.17, 15) is 0 Å². The van der Waals surface area contributed by atoms with Crippen LogP contribution < -0.4 is 4.74 Å². The van der Waals surface area contributed by atoms with Crippen molar-refractivity contribution < 1.29 is 4.74 Å². The second-order valence-corrected chi connectivity index (χ2v) is 9.61. The summed E-state index contributed by atoms with van der Waals surface area (Å²) in [6.07, 6.45) is 0.554. The van der Waals surface area contributed by atoms with Crippen LogP contribution >= 0.6 is 54.8 Å². The molecule has 3 aromatic rings. The molecule has 0 fully saturated rings. The fourth-order valence-electron chi connectivity index (χ4n) is 3.55. The minimum Gasteiger partial charge on any atom is -0.463 e. The van der Waals surface area contributed by atoms with E-state index >= 15 is 0 Å². The molecule has 2 aliphatic heterocycles. The van der Waals surface area contributed by atoms with Crippen LogP contribution in [0.25, 0.3) is 0 Å². The lowest BCUT2D eigenvalue weighted by Gasteiger charge is -2.38. The molecule has 2 aromatic carbocycles. The molecular weight excluding hydrogens is 512 g/mol. The molecule has 2 aliphatic rings. The first kappa shape index (κ1) is 17.7. The molecule has 7 heteroatoms. The lowest BCUT2D eigenvalue weighted by Crippen LogP contribution is -2.33. The van der Waals surface area contributed by atoms with Gasteiger partial charge in [-0.05, 0) is 51.6 Å². The van der Waals surface area contributed by atoms with Crippen LogP contribution in [0.15, 0.2) is 68.0 Å². The van der Waals surface area contributed by atoms with Gasteiger partial charge in [0.15, 0.2) is 0 Å². The third kappa shape index (κ3) is 3.12. The van der Waals surface area contributed by atoms with Gasteiger partial charge in [0.25, 0.3) is 0 Å². The Hall–Kier alpha value is -1.34. The summed E-state index contributed by atoms with van der Waals surface area (Å²) in [5, 5.41) is 9.84. The second-order valence-electron chi connectivity index (χ2n) is 6.45. The van der Waals surface area contributed by atoms with Crippen LogP contribution in [0, 0.1) is 0 Å². The maximum absolute atomic E-state index is 6.43. The molecule has 27 heavy (non-hydrogen) atoms. The summed E-state index contributed by atoms with van der Waals surface area (Å²) in [6.45, 7) is 0. The van der Waals surface area contributed by atoms with Crippen molar-refractivity contribution in [3.8, 4) is 5.75 Å². The van der Waals surface area contributed by atoms with Crippen molar-refractivity contribution in [2.45, 2.75) is 18.7 Å². The standard InChI is InChI=1S/C20H13Br2ClN2OS/c21-12-8-14-17-10-16(18-2-1-7-27-18)24-25(17)20(26-19(14)15(22)9-12)11-3-5-13(23)6-4-11/h1-9,17,20H,10H2/t17-,20+/m1/s1. The molecule has 3 nitrogen and oxygen atoms in total. The van der Waals surface area contributed by atoms with Crippen LogP contribution in [0.4, 0.5) is 0 Å². The normalized spacial score (nSPS) is 20.7. The zero-order valence-electron chi connectivity index (χ0n) is 13.9. The van der Waals surface area contributed by atoms with E-state index in [4.69, 9.17) is 21.4 Å². The molecule has 1 aromatic heterocycles. The average Bonchev–Trinajstić information content (AvgIpc) is 3.32. The van der Waals surface area contributed by atoms with Gasteiger partial charge in [0.1, 0.15) is 5.75 Å². The number of ether oxygens (including phenoxy) is 1. The summed E-state index contributed by atoms with van der Waals surface area (Å²) in [4.78, 5) is 1.20. The summed E-state index contributed by atoms with van der Waals surface area (Å²) in [6, 6.07) is 16.2. The predicted octanol–water partition coefficient (Wildman–Crippen LogP) is 7.17. The van der Waals surface area contributed by atoms with Crippen molar-refractivity contribution in [1.29, 1.82) is 0 Å². The van der Waals surface area contributed by atoms with E-state index < -0.39 is 0 Å². The lowest BCUT2D eigenvalue weighted by molar-refractivity contribution is -0.0197. The van der Waals surface area contributed by atoms with Crippen LogP contribution in [0.5, 0.6) is 5.75 Å². The van der Waals surface area contributed by atoms with Crippen LogP contribution in [0.3, 0.4) is 0 Å². The molecule has 0 saturated heterocycles. The topological polar surface area (TPSA) is 24.8 Å². The summed E-state index contributed by atoms with van der Waals surface area (Å²) in [7, 11) is 0. The molecule has 0 saturated carbocycles. The molecule has 0 N–H and O–H groups in total. The number of benzene rings is 2. The van der Waals surface area contributed by atoms with E-state index in [1.54, 1.807) is 11.3 Å². The second kappa shape index (κ2) is 6.92. The Kier molecular flexibility index (Phi) is 4.55. The van der Waals surface area contributed by atoms with Crippen molar-refractivity contribution in [1.82, 2.24) is 5.01 Å². The Balaban J connectivity index is 1.64. The Morgan fingerprint density at radius 2 is 1.96 bits per heavy atom. The Morgan fingerprint density at radius 1 is 1.15 bits per heavy atom. The molecule has 0 amide bonds. The summed E-state index contributed by atoms with van der Waals surface area (Å²) < 4.78 is 8.39. The smallest absolute Gasteiger partial charge is 0.213 e. The van der Waals surface area contributed by atoms with Gasteiger partial charge < -0.3 is 4.74 Å². The number of hydrogen-bond donors (Lipinski definition) is 0. The first-order valence-corrected chi connectivity index (χ1v) is 11.3. The van der Waals surface area contributed by atoms with E-state index in [2.05, 4.69) is 60.4 Å². The molecule has 0 aliphatic carbocycles. The van der Waals surface area contributed by atoms with Gasteiger partial charge in [0.05, 0.1) is 21.1 Å². The van der Waals surface area contributed by atoms with E-state index in [1.165, 1.54) is 4.88 Å². The average molecular weight is 525 g/mol. The Labute approximate surface area is 182 Å². The quantitative estimate of drug-likeness (QED) is 0.355. The number of fused-ring (bicyclic) bond motifs is 3. The first-order chi connectivity index (χ1) is 13.1. The first-order valence-electron chi connectivity index (χ1n) is 8.41. The van der Waals surface area contributed by atoms with Gasteiger partial charge in [0, 0.05) is 27.0 Å². The zero-order chi connectivity index (χ0) is 18.5. The number of rotatable bonds is 2. The number of hydrogen-bond acceptors (Lipinski definition) is 4. The van der Waals surface area contributed by atoms with E-state index in [0.717, 1.165) is 38.0 Å². The predicted molar refractivity (Wildman–Crippen MR) is 117 cm³/mol. The third-order valence-electron chi connectivity index (χ3n) is 4.77. The van der Waals surface area contributed by atoms with Crippen molar-refractivity contribution in [3.63, 3.8) is 0 Å². The number of hydrazone groups is 1. The monoisotopic (exact) mass is 522 g/mol. The van der Waals surface area contributed by atoms with Gasteiger partial charge in [-0.3, -0.25) is 0 Å². The molecule has 0 spiro atoms. The number of halogens is 3. The molecule has 0 bridgehead atoms. The van der Waals surface area contributed by atoms with Crippen LogP contribution in [-0.4, -0.2) is 10.7 Å². The summed E-state index contributed by atoms with van der Waals surface area (Å²) in [5.41, 5.74) is 3.26. The molecule has 5 rings (SSSR count). The molecule has 136 valence electrons. The largest absolute Gasteiger partial charge is 0.463 e. The Bertz CT molecular complexity index is 1040. The molecule has 0 unspecified atom stereocenters. The maximum atomic E-state index is 6.43. The van der Waals surface area contributed by atoms with Gasteiger partial charge in [0.2, 0.25) is 6.23 Å². The van der Waals surface area contributed by atoms with E-state index in [1.807, 2.05) is 30.3 Å². The van der Waals surface area contributed by atoms with E-state index in [0.29, 0.717) is 5.02 Å². The number of nitrogens with zero attached hydrogens (tertiary/aromatic N) is 2. The molecular formula is C20H13Br2ClN2OS. The van der Waals surface area contributed by atoms with Crippen molar-refractivity contribution in [3.05, 3.63) is 83.9 Å². The Morgan fingerprint density at radius 3 is 2.70 bits per heavy atom. The van der Waals surface area contributed by atoms with Gasteiger partial charge in [-0.2, -0.15) is 5.10 Å². The molecule has 0 radical (unpaired) electrons. The fourth-order valence-corrected chi connectivity index (χ4v) is 5.75. The summed E-state index contributed by atoms with van der Waals surface area (Å²) >= 11 is 15.1. The van der Waals surface area contributed by atoms with E-state index in [-0.39, 0.29) is 12.3 Å². The van der Waals surface area contributed by atoms with Gasteiger partial charge in [-0.25, -0.2) is 5.01 Å². The highest BCUT2D eigenvalue weighted by Gasteiger charge is 2.42. The van der Waals surface area contributed by atoms with Gasteiger partial charge >= 0.3 is 0 Å². The third-order valence-corrected chi connectivity index (χ3v) is 6.99. The molecule has 2 atom stereocenters. The minimum atomic E-state index is -0.297. The lowest BCUT2D eigenvalue weighted by atomic mass is 9.97. The summed E-state index contributed by atoms with van der Waals surface area (Å²) in [5.74, 6) is 0.877. The SMILES string of the molecule is Clc1ccc([C@@H]2Oc3c(Br)cc(Br)cc3[C@H]3CC(c4cccs4)=NN32)cc1. The molecule has 3 heterocycles. The zero-order valence-corrected chi connectivity index (χ0v) is 18.6. The highest BCUT2D eigenvalue weighted by molar-refractivity contribution is 9.11. The highest BCUT2D eigenvalue weighted by atomic mass is 79.9. The number of thiophene rings is 1. The van der Waals surface area contributed by atoms with Crippen molar-refractivity contribution >= 4 is 60.5 Å². The van der Waals surface area contributed by atoms with Gasteiger partial charge in [-0.1, -0.05) is 45.7 Å². The fraction of sp³-hybridized carbons (Fsp3) is 0.150. The highest BCUT2D eigenvalue weighted by Crippen LogP contribution is 2.51. The van der Waals surface area contributed by atoms with Crippen molar-refractivity contribution in [2.75, 3.05) is 0 Å². The van der Waals surface area contributed by atoms with Gasteiger partial charge in [-0.15, -0.1) is 11.3 Å². The minimum absolute atomic E-state index is 0.125. The van der Waals surface area contributed by atoms with Crippen LogP contribution in [0.2, 0.25) is 5.02 Å². The van der Waals surface area contributed by atoms with Crippen LogP contribution in [-0.2, 0) is 0 Å².